The topological polar surface area (TPSA) is 114 Å². The van der Waals surface area contributed by atoms with Crippen molar-refractivity contribution < 1.29 is 19.1 Å². The molecule has 6 rings (SSSR count). The Bertz CT molecular complexity index is 1850. The summed E-state index contributed by atoms with van der Waals surface area (Å²) in [6.07, 6.45) is 4.30. The van der Waals surface area contributed by atoms with Crippen molar-refractivity contribution in [2.24, 2.45) is 5.41 Å². The summed E-state index contributed by atoms with van der Waals surface area (Å²) in [5, 5.41) is 14.8. The molecule has 0 bridgehead atoms. The zero-order valence-electron chi connectivity index (χ0n) is 26.8. The lowest BCUT2D eigenvalue weighted by molar-refractivity contribution is -0.160. The van der Waals surface area contributed by atoms with Crippen molar-refractivity contribution in [3.8, 4) is 11.1 Å². The number of carboxylic acids is 1. The third-order valence-corrected chi connectivity index (χ3v) is 8.56. The number of piperidine rings is 1. The molecule has 0 spiro atoms. The first-order valence-corrected chi connectivity index (χ1v) is 15.5. The smallest absolute Gasteiger partial charge is 0.337 e. The van der Waals surface area contributed by atoms with Crippen molar-refractivity contribution in [3.05, 3.63) is 77.9 Å². The molecule has 0 unspecified atom stereocenters. The molecule has 0 saturated carbocycles. The first kappa shape index (κ1) is 30.5. The number of pyridine rings is 1. The summed E-state index contributed by atoms with van der Waals surface area (Å²) in [6, 6.07) is 16.1. The van der Waals surface area contributed by atoms with Gasteiger partial charge in [-0.1, -0.05) is 50.2 Å². The van der Waals surface area contributed by atoms with Gasteiger partial charge >= 0.3 is 5.97 Å². The number of hydrogen-bond acceptors (Lipinski definition) is 8. The third-order valence-electron chi connectivity index (χ3n) is 8.56. The van der Waals surface area contributed by atoms with E-state index in [2.05, 4.69) is 58.3 Å². The van der Waals surface area contributed by atoms with Crippen LogP contribution in [0.25, 0.3) is 33.2 Å². The summed E-state index contributed by atoms with van der Waals surface area (Å²) in [6.45, 7) is 14.3. The Morgan fingerprint density at radius 2 is 1.78 bits per heavy atom. The van der Waals surface area contributed by atoms with Gasteiger partial charge in [0.2, 0.25) is 0 Å². The number of benzene rings is 2. The quantitative estimate of drug-likeness (QED) is 0.181. The van der Waals surface area contributed by atoms with E-state index in [0.29, 0.717) is 29.2 Å². The van der Waals surface area contributed by atoms with Gasteiger partial charge in [-0.25, -0.2) is 14.8 Å². The molecule has 0 aliphatic carbocycles. The molecule has 1 fully saturated rings. The Hall–Kier alpha value is -4.50. The monoisotopic (exact) mass is 607 g/mol. The maximum absolute atomic E-state index is 12.7. The minimum atomic E-state index is -1.14. The van der Waals surface area contributed by atoms with Gasteiger partial charge in [0.05, 0.1) is 11.3 Å². The van der Waals surface area contributed by atoms with Crippen molar-refractivity contribution in [2.45, 2.75) is 72.6 Å². The number of carboxylic acid groups (broad SMARTS) is 1. The zero-order chi connectivity index (χ0) is 31.9. The van der Waals surface area contributed by atoms with Gasteiger partial charge in [-0.15, -0.1) is 0 Å². The molecule has 1 aliphatic rings. The molecule has 9 heteroatoms. The molecule has 2 N–H and O–H groups in total. The number of aromatic nitrogens is 3. The molecule has 0 amide bonds. The number of para-hydroxylation sites is 1. The Morgan fingerprint density at radius 3 is 2.47 bits per heavy atom. The van der Waals surface area contributed by atoms with Gasteiger partial charge in [-0.2, -0.15) is 0 Å². The lowest BCUT2D eigenvalue weighted by atomic mass is 9.82. The van der Waals surface area contributed by atoms with Crippen LogP contribution < -0.4 is 10.2 Å². The third kappa shape index (κ3) is 6.35. The number of rotatable bonds is 8. The van der Waals surface area contributed by atoms with Crippen LogP contribution in [0.15, 0.2) is 65.5 Å². The number of aryl methyl sites for hydroxylation is 1. The van der Waals surface area contributed by atoms with Crippen LogP contribution in [0.4, 0.5) is 11.5 Å². The molecule has 0 radical (unpaired) electrons. The average molecular weight is 608 g/mol. The van der Waals surface area contributed by atoms with Crippen molar-refractivity contribution in [1.82, 2.24) is 15.0 Å². The van der Waals surface area contributed by atoms with Gasteiger partial charge < -0.3 is 24.5 Å². The normalized spacial score (nSPS) is 15.8. The Kier molecular flexibility index (Phi) is 7.99. The molecule has 4 heterocycles. The Morgan fingerprint density at radius 1 is 1.07 bits per heavy atom. The van der Waals surface area contributed by atoms with Crippen LogP contribution >= 0.6 is 0 Å². The van der Waals surface area contributed by atoms with Crippen LogP contribution in [0.2, 0.25) is 0 Å². The summed E-state index contributed by atoms with van der Waals surface area (Å²) in [5.74, 6) is -0.378. The van der Waals surface area contributed by atoms with Crippen LogP contribution in [0.1, 0.15) is 70.4 Å². The lowest BCUT2D eigenvalue weighted by Crippen LogP contribution is -2.39. The summed E-state index contributed by atoms with van der Waals surface area (Å²) < 4.78 is 12.2. The van der Waals surface area contributed by atoms with Gasteiger partial charge in [-0.05, 0) is 69.2 Å². The fraction of sp³-hybridized carbons (Fsp3) is 0.389. The highest BCUT2D eigenvalue weighted by Gasteiger charge is 2.35. The molecule has 9 nitrogen and oxygen atoms in total. The Balaban J connectivity index is 1.33. The maximum Gasteiger partial charge on any atom is 0.337 e. The van der Waals surface area contributed by atoms with Crippen LogP contribution in [0.3, 0.4) is 0 Å². The average Bonchev–Trinajstić information content (AvgIpc) is 3.38. The minimum absolute atomic E-state index is 0.235. The van der Waals surface area contributed by atoms with Gasteiger partial charge in [-0.3, -0.25) is 4.98 Å². The largest absolute Gasteiger partial charge is 0.479 e. The van der Waals surface area contributed by atoms with Crippen LogP contribution in [0, 0.1) is 12.3 Å². The van der Waals surface area contributed by atoms with Crippen LogP contribution in [0.5, 0.6) is 0 Å². The fourth-order valence-electron chi connectivity index (χ4n) is 6.03. The molecular formula is C36H41N5O4. The van der Waals surface area contributed by atoms with E-state index >= 15 is 0 Å². The van der Waals surface area contributed by atoms with E-state index in [0.717, 1.165) is 64.8 Å². The number of fused-ring (bicyclic) bond motifs is 3. The summed E-state index contributed by atoms with van der Waals surface area (Å²) in [7, 11) is 0. The first-order chi connectivity index (χ1) is 21.4. The van der Waals surface area contributed by atoms with E-state index in [4.69, 9.17) is 14.1 Å². The molecule has 1 aliphatic heterocycles. The van der Waals surface area contributed by atoms with Crippen molar-refractivity contribution in [1.29, 1.82) is 0 Å². The van der Waals surface area contributed by atoms with Crippen molar-refractivity contribution >= 4 is 39.5 Å². The van der Waals surface area contributed by atoms with Crippen LogP contribution in [-0.2, 0) is 16.1 Å². The van der Waals surface area contributed by atoms with E-state index in [9.17, 15) is 9.90 Å². The summed E-state index contributed by atoms with van der Waals surface area (Å²) >= 11 is 0. The highest BCUT2D eigenvalue weighted by Crippen LogP contribution is 2.43. The number of furan rings is 1. The Labute approximate surface area is 263 Å². The number of carbonyl (C=O) groups is 1. The number of hydrogen-bond donors (Lipinski definition) is 2. The highest BCUT2D eigenvalue weighted by atomic mass is 16.5. The number of ether oxygens (including phenoxy) is 1. The molecule has 3 aromatic heterocycles. The second-order valence-electron chi connectivity index (χ2n) is 13.7. The van der Waals surface area contributed by atoms with Gasteiger partial charge in [0.15, 0.2) is 17.5 Å². The van der Waals surface area contributed by atoms with E-state index in [1.807, 2.05) is 58.2 Å². The first-order valence-electron chi connectivity index (χ1n) is 15.5. The van der Waals surface area contributed by atoms with E-state index < -0.39 is 17.7 Å². The highest BCUT2D eigenvalue weighted by molar-refractivity contribution is 6.05. The number of nitrogens with one attached hydrogen (secondary N) is 1. The molecule has 1 saturated heterocycles. The second-order valence-corrected chi connectivity index (χ2v) is 13.7. The minimum Gasteiger partial charge on any atom is -0.479 e. The molecule has 5 aromatic rings. The standard InChI is InChI=1S/C36H41N5O4/c1-22-28(31(34(42)43)45-35(2,3)4)30(41-17-15-36(5,6)16-18-41)26(20-37-22)24-13-11-23(12-14-24)19-38-33-32-29(39-21-40-33)25-9-7-8-10-27(25)44-32/h7-14,20-21,31H,15-19H2,1-6H3,(H,42,43)(H,38,39,40)/t31-/m0/s1. The van der Waals surface area contributed by atoms with Gasteiger partial charge in [0, 0.05) is 48.0 Å². The molecule has 234 valence electrons. The van der Waals surface area contributed by atoms with E-state index in [1.54, 1.807) is 6.33 Å². The molecule has 1 atom stereocenters. The molecule has 2 aromatic carbocycles. The predicted octanol–water partition coefficient (Wildman–Crippen LogP) is 7.93. The molecule has 45 heavy (non-hydrogen) atoms. The SMILES string of the molecule is Cc1ncc(-c2ccc(CNc3ncnc4c3oc3ccccc34)cc2)c(N2CCC(C)(C)CC2)c1[C@H](OC(C)(C)C)C(=O)O. The zero-order valence-corrected chi connectivity index (χ0v) is 26.8. The number of nitrogens with zero attached hydrogens (tertiary/aromatic N) is 4. The van der Waals surface area contributed by atoms with Crippen molar-refractivity contribution in [3.63, 3.8) is 0 Å². The predicted molar refractivity (Wildman–Crippen MR) is 177 cm³/mol. The second kappa shape index (κ2) is 11.8. The van der Waals surface area contributed by atoms with Gasteiger partial charge in [0.25, 0.3) is 0 Å². The van der Waals surface area contributed by atoms with Crippen LogP contribution in [-0.4, -0.2) is 44.7 Å². The lowest BCUT2D eigenvalue weighted by Gasteiger charge is -2.41. The van der Waals surface area contributed by atoms with E-state index in [-0.39, 0.29) is 5.41 Å². The fourth-order valence-corrected chi connectivity index (χ4v) is 6.03. The number of anilines is 2. The van der Waals surface area contributed by atoms with Crippen molar-refractivity contribution in [2.75, 3.05) is 23.3 Å². The maximum atomic E-state index is 12.7. The van der Waals surface area contributed by atoms with E-state index in [1.165, 1.54) is 0 Å². The summed E-state index contributed by atoms with van der Waals surface area (Å²) in [5.41, 5.74) is 6.88. The number of aliphatic carboxylic acids is 1. The summed E-state index contributed by atoms with van der Waals surface area (Å²) in [4.78, 5) is 28.6. The van der Waals surface area contributed by atoms with Gasteiger partial charge in [0.1, 0.15) is 17.4 Å². The molecular weight excluding hydrogens is 566 g/mol.